The Morgan fingerprint density at radius 3 is 1.92 bits per heavy atom. The van der Waals surface area contributed by atoms with Gasteiger partial charge in [0.1, 0.15) is 73.2 Å². The molecule has 5 heterocycles. The number of nitrogens with two attached hydrogens (primary N) is 1. The molecular weight excluding hydrogens is 1140 g/mol. The highest BCUT2D eigenvalue weighted by molar-refractivity contribution is 7.80. The van der Waals surface area contributed by atoms with Crippen molar-refractivity contribution in [3.63, 3.8) is 0 Å². The number of hydrogen-bond acceptors (Lipinski definition) is 25. The zero-order valence-electron chi connectivity index (χ0n) is 49.0. The number of aromatic nitrogens is 2. The molecule has 1 aromatic rings. The molecule has 84 heavy (non-hydrogen) atoms. The monoisotopic (exact) mass is 1230 g/mol. The van der Waals surface area contributed by atoms with Gasteiger partial charge >= 0.3 is 40.0 Å². The van der Waals surface area contributed by atoms with E-state index in [1.807, 2.05) is 4.98 Å². The number of hydrogen-bond donors (Lipinski definition) is 7. The van der Waals surface area contributed by atoms with Gasteiger partial charge in [-0.15, -0.1) is 0 Å². The summed E-state index contributed by atoms with van der Waals surface area (Å²) in [6.07, 6.45) is -15.4. The number of rotatable bonds is 32. The highest BCUT2D eigenvalue weighted by atomic mass is 32.3. The first-order valence-corrected chi connectivity index (χ1v) is 29.7. The Kier molecular flexibility index (Phi) is 27.1. The first-order valence-electron chi connectivity index (χ1n) is 28.3. The fourth-order valence-corrected chi connectivity index (χ4v) is 11.7. The molecule has 5 rings (SSSR count). The van der Waals surface area contributed by atoms with Crippen LogP contribution < -0.4 is 17.0 Å². The van der Waals surface area contributed by atoms with E-state index in [-0.39, 0.29) is 25.8 Å². The van der Waals surface area contributed by atoms with Gasteiger partial charge in [-0.1, -0.05) is 72.1 Å². The number of nitrogens with one attached hydrogen (secondary N) is 1. The lowest BCUT2D eigenvalue weighted by atomic mass is 9.97. The van der Waals surface area contributed by atoms with Gasteiger partial charge in [0.2, 0.25) is 12.2 Å². The van der Waals surface area contributed by atoms with E-state index in [9.17, 15) is 67.0 Å². The summed E-state index contributed by atoms with van der Waals surface area (Å²) in [6.45, 7) is 6.76. The normalized spacial score (nSPS) is 31.6. The summed E-state index contributed by atoms with van der Waals surface area (Å²) in [5.41, 5.74) is 3.63. The van der Waals surface area contributed by atoms with E-state index in [4.69, 9.17) is 57.3 Å². The van der Waals surface area contributed by atoms with E-state index in [1.165, 1.54) is 28.4 Å². The van der Waals surface area contributed by atoms with Crippen molar-refractivity contribution in [2.45, 2.75) is 221 Å². The van der Waals surface area contributed by atoms with Crippen LogP contribution in [0.15, 0.2) is 21.9 Å². The molecule has 0 radical (unpaired) electrons. The Bertz CT molecular complexity index is 2540. The number of aliphatic carboxylic acids is 1. The second-order valence-corrected chi connectivity index (χ2v) is 23.5. The smallest absolute Gasteiger partial charge is 0.397 e. The summed E-state index contributed by atoms with van der Waals surface area (Å²) in [6, 6.07) is -3.00. The minimum atomic E-state index is -5.49. The van der Waals surface area contributed by atoms with E-state index >= 15 is 0 Å². The molecule has 0 aromatic carbocycles. The highest BCUT2D eigenvalue weighted by Gasteiger charge is 2.59. The van der Waals surface area contributed by atoms with Gasteiger partial charge in [-0.05, 0) is 38.6 Å². The average molecular weight is 1230 g/mol. The number of aromatic amines is 1. The summed E-state index contributed by atoms with van der Waals surface area (Å²) < 4.78 is 97.4. The topological polar surface area (TPSA) is 410 Å². The van der Waals surface area contributed by atoms with Crippen molar-refractivity contribution in [3.8, 4) is 0 Å². The first kappa shape index (κ1) is 70.2. The largest absolute Gasteiger partial charge is 0.480 e. The SMILES string of the molecule is COC1C(C)OC(OC(=O)CC(C)CC(=O)OC(CCCCCCCCCCC(C)C)CC(=O)OC2CN(C)C(C(OC3OC(CN)C(O)C3O)C3OC(n4ccc(=O)[nH]c4=O)C(OS(=O)(=O)O)C3O)C(=O)N(C)C2C(=O)O)C(OC)C1OC. The zero-order valence-corrected chi connectivity index (χ0v) is 49.9. The Labute approximate surface area is 487 Å². The molecule has 19 atom stereocenters. The molecule has 19 unspecified atom stereocenters. The van der Waals surface area contributed by atoms with Crippen LogP contribution in [0.3, 0.4) is 0 Å². The summed E-state index contributed by atoms with van der Waals surface area (Å²) in [5, 5.41) is 44.4. The Morgan fingerprint density at radius 1 is 0.762 bits per heavy atom. The van der Waals surface area contributed by atoms with Gasteiger partial charge in [0, 0.05) is 66.6 Å². The van der Waals surface area contributed by atoms with Crippen molar-refractivity contribution in [2.75, 3.05) is 48.5 Å². The van der Waals surface area contributed by atoms with Crippen molar-refractivity contribution >= 4 is 40.2 Å². The van der Waals surface area contributed by atoms with Crippen LogP contribution in [0.4, 0.5) is 0 Å². The second kappa shape index (κ2) is 32.4. The molecule has 1 aromatic heterocycles. The number of carbonyl (C=O) groups is 5. The van der Waals surface area contributed by atoms with Gasteiger partial charge < -0.3 is 78.4 Å². The zero-order chi connectivity index (χ0) is 62.3. The predicted molar refractivity (Wildman–Crippen MR) is 289 cm³/mol. The first-order chi connectivity index (χ1) is 39.6. The quantitative estimate of drug-likeness (QED) is 0.0207. The van der Waals surface area contributed by atoms with Crippen LogP contribution in [-0.2, 0) is 85.9 Å². The molecule has 31 heteroatoms. The summed E-state index contributed by atoms with van der Waals surface area (Å²) in [7, 11) is 1.19. The van der Waals surface area contributed by atoms with Crippen LogP contribution in [0.2, 0.25) is 0 Å². The number of carboxylic acids is 1. The number of ether oxygens (including phenoxy) is 10. The maximum absolute atomic E-state index is 14.8. The molecule has 0 aliphatic carbocycles. The average Bonchev–Trinajstić information content (AvgIpc) is 3.15. The maximum Gasteiger partial charge on any atom is 0.397 e. The molecule has 480 valence electrons. The summed E-state index contributed by atoms with van der Waals surface area (Å²) in [5.74, 6) is -5.29. The van der Waals surface area contributed by atoms with Gasteiger partial charge in [-0.25, -0.2) is 13.8 Å². The van der Waals surface area contributed by atoms with Gasteiger partial charge in [0.25, 0.3) is 5.56 Å². The molecule has 8 N–H and O–H groups in total. The molecule has 0 saturated carbocycles. The number of methoxy groups -OCH3 is 3. The van der Waals surface area contributed by atoms with E-state index in [2.05, 4.69) is 13.8 Å². The summed E-state index contributed by atoms with van der Waals surface area (Å²) in [4.78, 5) is 98.0. The van der Waals surface area contributed by atoms with Crippen molar-refractivity contribution < 1.29 is 109 Å². The van der Waals surface area contributed by atoms with Crippen molar-refractivity contribution in [1.29, 1.82) is 0 Å². The van der Waals surface area contributed by atoms with Crippen LogP contribution in [0.1, 0.15) is 117 Å². The number of esters is 3. The molecule has 0 spiro atoms. The van der Waals surface area contributed by atoms with Crippen LogP contribution in [0, 0.1) is 11.8 Å². The number of H-pyrrole nitrogens is 1. The number of carboxylic acid groups (broad SMARTS) is 1. The molecule has 1 amide bonds. The van der Waals surface area contributed by atoms with Gasteiger partial charge in [-0.2, -0.15) is 8.42 Å². The standard InChI is InChI=1S/C53H87N5O25S/c1-27(2)18-16-14-12-10-11-13-15-17-19-30(77-34(60)22-28(3)23-35(61)80-52-47(75-9)46(74-8)42(73-7)29(4)76-52)24-36(62)78-32-26-56(5)38(48(66)57(6)37(32)50(67)68)43(82-51-40(64)39(63)31(25-54)79-51)44-41(65)45(83-84(70,71)72)49(81-44)58-21-20-33(59)55-53(58)69/h20-21,27-32,37-47,49,51-52,63-65H,10-19,22-26,54H2,1-9H3,(H,67,68)(H,55,59,69)(H,70,71,72). The molecular formula is C53H87N5O25S. The third-order valence-corrected chi connectivity index (χ3v) is 16.0. The lowest BCUT2D eigenvalue weighted by molar-refractivity contribution is -0.297. The fraction of sp³-hybridized carbons (Fsp3) is 0.830. The molecule has 4 aliphatic rings. The lowest BCUT2D eigenvalue weighted by Gasteiger charge is -2.43. The van der Waals surface area contributed by atoms with Crippen LogP contribution >= 0.6 is 0 Å². The van der Waals surface area contributed by atoms with Crippen molar-refractivity contribution in [3.05, 3.63) is 33.1 Å². The van der Waals surface area contributed by atoms with Crippen molar-refractivity contribution in [2.24, 2.45) is 17.6 Å². The number of aliphatic hydroxyl groups excluding tert-OH is 3. The highest BCUT2D eigenvalue weighted by Crippen LogP contribution is 2.39. The molecule has 4 fully saturated rings. The number of amides is 1. The third kappa shape index (κ3) is 19.0. The number of likely N-dealkylation sites (N-methyl/N-ethyl adjacent to an activating group) is 2. The van der Waals surface area contributed by atoms with Crippen LogP contribution in [0.25, 0.3) is 0 Å². The van der Waals surface area contributed by atoms with E-state index in [1.54, 1.807) is 13.8 Å². The van der Waals surface area contributed by atoms with Crippen LogP contribution in [0.5, 0.6) is 0 Å². The van der Waals surface area contributed by atoms with Gasteiger partial charge in [-0.3, -0.25) is 43.0 Å². The number of aliphatic hydroxyl groups is 3. The minimum Gasteiger partial charge on any atom is -0.480 e. The summed E-state index contributed by atoms with van der Waals surface area (Å²) >= 11 is 0. The minimum absolute atomic E-state index is 0.184. The fourth-order valence-electron chi connectivity index (χ4n) is 11.2. The van der Waals surface area contributed by atoms with Gasteiger partial charge in [0.05, 0.1) is 12.5 Å². The van der Waals surface area contributed by atoms with E-state index in [0.29, 0.717) is 21.8 Å². The Morgan fingerprint density at radius 2 is 1.36 bits per heavy atom. The van der Waals surface area contributed by atoms with E-state index < -0.39 is 181 Å². The number of carbonyl (C=O) groups excluding carboxylic acids is 4. The maximum atomic E-state index is 14.8. The second-order valence-electron chi connectivity index (χ2n) is 22.4. The van der Waals surface area contributed by atoms with Crippen LogP contribution in [-0.4, -0.2) is 235 Å². The molecule has 4 aliphatic heterocycles. The van der Waals surface area contributed by atoms with E-state index in [0.717, 1.165) is 75.6 Å². The number of nitrogens with zero attached hydrogens (tertiary/aromatic N) is 3. The molecule has 0 bridgehead atoms. The lowest BCUT2D eigenvalue weighted by Crippen LogP contribution is -2.59. The Balaban J connectivity index is 1.37. The Hall–Kier alpha value is -4.58. The predicted octanol–water partition coefficient (Wildman–Crippen LogP) is -0.481. The molecule has 4 saturated heterocycles. The van der Waals surface area contributed by atoms with Gasteiger partial charge in [0.15, 0.2) is 24.7 Å². The van der Waals surface area contributed by atoms with Crippen molar-refractivity contribution in [1.82, 2.24) is 19.4 Å². The third-order valence-electron chi connectivity index (χ3n) is 15.5. The molecule has 30 nitrogen and oxygen atoms in total. The number of unbranched alkanes of at least 4 members (excludes halogenated alkanes) is 7.